The summed E-state index contributed by atoms with van der Waals surface area (Å²) in [6, 6.07) is 20.4. The second-order valence-corrected chi connectivity index (χ2v) is 10.3. The number of fused-ring (bicyclic) bond motifs is 2. The standard InChI is InChI=1S/C31H38O6/c1-31(2)34-22-30-28(37-31)18-17-27-26(35-30)16-10-9-15-25(33-20-24-13-7-4-8-14-24)29(36-27)21-32-19-23-11-5-3-6-12-23/h3-14,17-18,25-30H,15-16,19-22H2,1-2H3/b10-9-/t25-,26+,27-,28+,29+,30-/m0/s1. The lowest BCUT2D eigenvalue weighted by atomic mass is 10.1. The molecule has 3 heterocycles. The molecule has 0 aromatic heterocycles. The Hall–Kier alpha value is -2.32. The first-order chi connectivity index (χ1) is 18.1. The highest BCUT2D eigenvalue weighted by atomic mass is 16.7. The Morgan fingerprint density at radius 2 is 1.46 bits per heavy atom. The average molecular weight is 507 g/mol. The van der Waals surface area contributed by atoms with E-state index in [-0.39, 0.29) is 36.6 Å². The molecule has 6 heteroatoms. The molecule has 5 rings (SSSR count). The van der Waals surface area contributed by atoms with Crippen LogP contribution >= 0.6 is 0 Å². The van der Waals surface area contributed by atoms with Crippen molar-refractivity contribution in [3.8, 4) is 0 Å². The van der Waals surface area contributed by atoms with Crippen LogP contribution < -0.4 is 0 Å². The van der Waals surface area contributed by atoms with Crippen molar-refractivity contribution in [1.82, 2.24) is 0 Å². The third kappa shape index (κ3) is 7.38. The number of ether oxygens (including phenoxy) is 6. The zero-order chi connectivity index (χ0) is 25.5. The van der Waals surface area contributed by atoms with Crippen LogP contribution in [0.2, 0.25) is 0 Å². The number of rotatable bonds is 7. The maximum atomic E-state index is 6.75. The van der Waals surface area contributed by atoms with Crippen molar-refractivity contribution >= 4 is 0 Å². The van der Waals surface area contributed by atoms with Crippen molar-refractivity contribution in [3.63, 3.8) is 0 Å². The second-order valence-electron chi connectivity index (χ2n) is 10.3. The lowest BCUT2D eigenvalue weighted by molar-refractivity contribution is -0.305. The molecule has 0 unspecified atom stereocenters. The summed E-state index contributed by atoms with van der Waals surface area (Å²) in [6.45, 7) is 5.81. The van der Waals surface area contributed by atoms with E-state index in [1.807, 2.05) is 50.2 Å². The lowest BCUT2D eigenvalue weighted by Gasteiger charge is -2.40. The first kappa shape index (κ1) is 26.3. The normalized spacial score (nSPS) is 32.2. The van der Waals surface area contributed by atoms with Crippen molar-refractivity contribution in [2.24, 2.45) is 0 Å². The Bertz CT molecular complexity index is 1020. The van der Waals surface area contributed by atoms with Gasteiger partial charge in [0, 0.05) is 0 Å². The fourth-order valence-corrected chi connectivity index (χ4v) is 4.93. The van der Waals surface area contributed by atoms with E-state index in [1.165, 1.54) is 0 Å². The van der Waals surface area contributed by atoms with Crippen LogP contribution in [0.3, 0.4) is 0 Å². The quantitative estimate of drug-likeness (QED) is 0.471. The molecule has 0 radical (unpaired) electrons. The summed E-state index contributed by atoms with van der Waals surface area (Å²) in [5.74, 6) is -0.638. The van der Waals surface area contributed by atoms with Gasteiger partial charge in [0.05, 0.1) is 38.6 Å². The van der Waals surface area contributed by atoms with Crippen LogP contribution in [-0.4, -0.2) is 55.6 Å². The predicted octanol–water partition coefficient (Wildman–Crippen LogP) is 5.37. The Morgan fingerprint density at radius 3 is 2.22 bits per heavy atom. The average Bonchev–Trinajstić information content (AvgIpc) is 3.01. The first-order valence-electron chi connectivity index (χ1n) is 13.3. The van der Waals surface area contributed by atoms with Gasteiger partial charge in [0.1, 0.15) is 24.4 Å². The minimum absolute atomic E-state index is 0.152. The molecule has 6 atom stereocenters. The molecule has 0 aliphatic carbocycles. The molecule has 37 heavy (non-hydrogen) atoms. The van der Waals surface area contributed by atoms with Crippen molar-refractivity contribution in [1.29, 1.82) is 0 Å². The van der Waals surface area contributed by atoms with Gasteiger partial charge in [-0.3, -0.25) is 0 Å². The van der Waals surface area contributed by atoms with Crippen LogP contribution in [0.1, 0.15) is 37.8 Å². The minimum Gasteiger partial charge on any atom is -0.374 e. The van der Waals surface area contributed by atoms with E-state index >= 15 is 0 Å². The third-order valence-corrected chi connectivity index (χ3v) is 6.94. The van der Waals surface area contributed by atoms with Crippen LogP contribution in [0.25, 0.3) is 0 Å². The van der Waals surface area contributed by atoms with Gasteiger partial charge in [-0.05, 0) is 37.8 Å². The summed E-state index contributed by atoms with van der Waals surface area (Å²) < 4.78 is 37.9. The topological polar surface area (TPSA) is 55.4 Å². The molecule has 198 valence electrons. The molecule has 1 fully saturated rings. The number of benzene rings is 2. The van der Waals surface area contributed by atoms with Crippen LogP contribution in [0.5, 0.6) is 0 Å². The van der Waals surface area contributed by atoms with Gasteiger partial charge in [-0.1, -0.05) is 85.0 Å². The summed E-state index contributed by atoms with van der Waals surface area (Å²) in [5, 5.41) is 0. The Labute approximate surface area is 220 Å². The van der Waals surface area contributed by atoms with Gasteiger partial charge in [0.2, 0.25) is 0 Å². The van der Waals surface area contributed by atoms with Gasteiger partial charge < -0.3 is 28.4 Å². The van der Waals surface area contributed by atoms with E-state index in [2.05, 4.69) is 48.6 Å². The molecule has 0 spiro atoms. The summed E-state index contributed by atoms with van der Waals surface area (Å²) in [4.78, 5) is 0. The van der Waals surface area contributed by atoms with Crippen molar-refractivity contribution in [2.45, 2.75) is 82.3 Å². The van der Waals surface area contributed by atoms with E-state index in [4.69, 9.17) is 28.4 Å². The van der Waals surface area contributed by atoms with E-state index in [0.29, 0.717) is 26.4 Å². The predicted molar refractivity (Wildman–Crippen MR) is 141 cm³/mol. The first-order valence-corrected chi connectivity index (χ1v) is 13.3. The molecule has 6 nitrogen and oxygen atoms in total. The minimum atomic E-state index is -0.638. The van der Waals surface area contributed by atoms with Crippen LogP contribution in [0, 0.1) is 0 Å². The summed E-state index contributed by atoms with van der Waals surface area (Å²) >= 11 is 0. The maximum Gasteiger partial charge on any atom is 0.163 e. The molecular formula is C31H38O6. The largest absolute Gasteiger partial charge is 0.374 e. The van der Waals surface area contributed by atoms with E-state index in [0.717, 1.165) is 24.0 Å². The highest BCUT2D eigenvalue weighted by Crippen LogP contribution is 2.31. The molecule has 0 amide bonds. The van der Waals surface area contributed by atoms with E-state index < -0.39 is 5.79 Å². The van der Waals surface area contributed by atoms with Crippen molar-refractivity contribution < 1.29 is 28.4 Å². The third-order valence-electron chi connectivity index (χ3n) is 6.94. The molecule has 3 aliphatic heterocycles. The Kier molecular flexibility index (Phi) is 8.87. The highest BCUT2D eigenvalue weighted by Gasteiger charge is 2.41. The smallest absolute Gasteiger partial charge is 0.163 e. The lowest BCUT2D eigenvalue weighted by Crippen LogP contribution is -2.50. The van der Waals surface area contributed by atoms with Crippen LogP contribution in [-0.2, 0) is 41.6 Å². The Balaban J connectivity index is 1.32. The molecule has 1 saturated heterocycles. The molecule has 2 aromatic carbocycles. The van der Waals surface area contributed by atoms with Gasteiger partial charge in [0.15, 0.2) is 5.79 Å². The summed E-state index contributed by atoms with van der Waals surface area (Å²) in [7, 11) is 0. The fraction of sp³-hybridized carbons (Fsp3) is 0.484. The maximum absolute atomic E-state index is 6.75. The van der Waals surface area contributed by atoms with Gasteiger partial charge in [-0.15, -0.1) is 0 Å². The molecular weight excluding hydrogens is 468 g/mol. The molecule has 2 aromatic rings. The van der Waals surface area contributed by atoms with Crippen LogP contribution in [0.15, 0.2) is 85.0 Å². The Morgan fingerprint density at radius 1 is 0.784 bits per heavy atom. The number of hydrogen-bond donors (Lipinski definition) is 0. The van der Waals surface area contributed by atoms with E-state index in [1.54, 1.807) is 0 Å². The molecule has 0 saturated carbocycles. The van der Waals surface area contributed by atoms with Gasteiger partial charge in [-0.25, -0.2) is 0 Å². The summed E-state index contributed by atoms with van der Waals surface area (Å²) in [6.07, 6.45) is 8.80. The number of hydrogen-bond acceptors (Lipinski definition) is 6. The zero-order valence-corrected chi connectivity index (χ0v) is 21.7. The van der Waals surface area contributed by atoms with Crippen molar-refractivity contribution in [2.75, 3.05) is 13.2 Å². The fourth-order valence-electron chi connectivity index (χ4n) is 4.93. The monoisotopic (exact) mass is 506 g/mol. The van der Waals surface area contributed by atoms with Crippen LogP contribution in [0.4, 0.5) is 0 Å². The van der Waals surface area contributed by atoms with Gasteiger partial charge in [-0.2, -0.15) is 0 Å². The van der Waals surface area contributed by atoms with E-state index in [9.17, 15) is 0 Å². The SMILES string of the molecule is CC1(C)OC[C@@H]2O[C@@H]3C/C=C\C[C@H](OCc4ccccc4)[C@@H](COCc4ccccc4)O[C@H]3C=C[C@H]2O1. The van der Waals surface area contributed by atoms with Gasteiger partial charge in [0.25, 0.3) is 0 Å². The molecule has 0 bridgehead atoms. The summed E-state index contributed by atoms with van der Waals surface area (Å²) in [5.41, 5.74) is 2.27. The highest BCUT2D eigenvalue weighted by molar-refractivity contribution is 5.14. The van der Waals surface area contributed by atoms with Gasteiger partial charge >= 0.3 is 0 Å². The van der Waals surface area contributed by atoms with Crippen molar-refractivity contribution in [3.05, 3.63) is 96.1 Å². The molecule has 0 N–H and O–H groups in total. The second kappa shape index (κ2) is 12.5. The zero-order valence-electron chi connectivity index (χ0n) is 21.7. The molecule has 3 aliphatic rings.